The highest BCUT2D eigenvalue weighted by atomic mass is 32.1. The van der Waals surface area contributed by atoms with Crippen molar-refractivity contribution in [1.29, 1.82) is 0 Å². The second-order valence-electron chi connectivity index (χ2n) is 4.53. The van der Waals surface area contributed by atoms with Crippen molar-refractivity contribution in [2.45, 2.75) is 26.8 Å². The van der Waals surface area contributed by atoms with E-state index >= 15 is 0 Å². The van der Waals surface area contributed by atoms with Gasteiger partial charge in [0.2, 0.25) is 0 Å². The average Bonchev–Trinajstić information content (AvgIpc) is 2.68. The number of hydrogen-bond acceptors (Lipinski definition) is 5. The lowest BCUT2D eigenvalue weighted by Crippen LogP contribution is -2.34. The normalized spacial score (nSPS) is 12.9. The largest absolute Gasteiger partial charge is 0.480 e. The molecule has 0 saturated carbocycles. The molecular formula is C12H15N3O2S. The molecule has 2 aromatic rings. The molecule has 0 aromatic carbocycles. The first kappa shape index (κ1) is 12.8. The zero-order valence-corrected chi connectivity index (χ0v) is 11.3. The average molecular weight is 265 g/mol. The molecule has 0 amide bonds. The molecule has 0 spiro atoms. The van der Waals surface area contributed by atoms with Crippen molar-refractivity contribution in [2.24, 2.45) is 5.92 Å². The van der Waals surface area contributed by atoms with Gasteiger partial charge in [0.05, 0.1) is 5.39 Å². The SMILES string of the molecule is Cc1csc2ncnc(N[C@@H](C(=O)O)C(C)C)c12. The number of carboxylic acid groups (broad SMARTS) is 1. The summed E-state index contributed by atoms with van der Waals surface area (Å²) in [7, 11) is 0. The Morgan fingerprint density at radius 1 is 1.44 bits per heavy atom. The van der Waals surface area contributed by atoms with Crippen molar-refractivity contribution < 1.29 is 9.90 Å². The van der Waals surface area contributed by atoms with Crippen LogP contribution < -0.4 is 5.32 Å². The van der Waals surface area contributed by atoms with Gasteiger partial charge in [-0.1, -0.05) is 13.8 Å². The number of anilines is 1. The molecular weight excluding hydrogens is 250 g/mol. The lowest BCUT2D eigenvalue weighted by Gasteiger charge is -2.18. The Morgan fingerprint density at radius 3 is 2.78 bits per heavy atom. The van der Waals surface area contributed by atoms with Crippen molar-refractivity contribution in [1.82, 2.24) is 9.97 Å². The fourth-order valence-electron chi connectivity index (χ4n) is 1.79. The van der Waals surface area contributed by atoms with Crippen LogP contribution in [0, 0.1) is 12.8 Å². The summed E-state index contributed by atoms with van der Waals surface area (Å²) in [4.78, 5) is 20.4. The molecule has 1 atom stereocenters. The Balaban J connectivity index is 2.42. The molecule has 0 saturated heterocycles. The van der Waals surface area contributed by atoms with E-state index < -0.39 is 12.0 Å². The minimum Gasteiger partial charge on any atom is -0.480 e. The Bertz CT molecular complexity index is 580. The van der Waals surface area contributed by atoms with Gasteiger partial charge in [-0.05, 0) is 23.8 Å². The highest BCUT2D eigenvalue weighted by Crippen LogP contribution is 2.29. The predicted octanol–water partition coefficient (Wildman–Crippen LogP) is 2.52. The number of aryl methyl sites for hydroxylation is 1. The van der Waals surface area contributed by atoms with Crippen LogP contribution in [0.4, 0.5) is 5.82 Å². The highest BCUT2D eigenvalue weighted by molar-refractivity contribution is 7.17. The number of aliphatic carboxylic acids is 1. The van der Waals surface area contributed by atoms with Gasteiger partial charge in [-0.2, -0.15) is 0 Å². The summed E-state index contributed by atoms with van der Waals surface area (Å²) in [6, 6.07) is -0.651. The van der Waals surface area contributed by atoms with E-state index in [1.807, 2.05) is 26.2 Å². The van der Waals surface area contributed by atoms with Gasteiger partial charge in [0.15, 0.2) is 0 Å². The summed E-state index contributed by atoms with van der Waals surface area (Å²) in [6.45, 7) is 5.70. The van der Waals surface area contributed by atoms with Crippen LogP contribution in [0.15, 0.2) is 11.7 Å². The predicted molar refractivity (Wildman–Crippen MR) is 72.0 cm³/mol. The molecule has 2 aromatic heterocycles. The molecule has 2 N–H and O–H groups in total. The van der Waals surface area contributed by atoms with Gasteiger partial charge >= 0.3 is 5.97 Å². The van der Waals surface area contributed by atoms with Crippen LogP contribution >= 0.6 is 11.3 Å². The van der Waals surface area contributed by atoms with Gasteiger partial charge in [0.1, 0.15) is 23.0 Å². The lowest BCUT2D eigenvalue weighted by atomic mass is 10.0. The lowest BCUT2D eigenvalue weighted by molar-refractivity contribution is -0.138. The molecule has 0 radical (unpaired) electrons. The maximum atomic E-state index is 11.2. The van der Waals surface area contributed by atoms with E-state index in [-0.39, 0.29) is 5.92 Å². The Morgan fingerprint density at radius 2 is 2.17 bits per heavy atom. The molecule has 5 nitrogen and oxygen atoms in total. The Kier molecular flexibility index (Phi) is 3.47. The van der Waals surface area contributed by atoms with E-state index in [1.54, 1.807) is 0 Å². The molecule has 96 valence electrons. The minimum atomic E-state index is -0.871. The van der Waals surface area contributed by atoms with Gasteiger partial charge in [-0.25, -0.2) is 14.8 Å². The van der Waals surface area contributed by atoms with Crippen molar-refractivity contribution >= 4 is 33.3 Å². The van der Waals surface area contributed by atoms with E-state index in [0.29, 0.717) is 5.82 Å². The van der Waals surface area contributed by atoms with Crippen LogP contribution in [0.25, 0.3) is 10.2 Å². The summed E-state index contributed by atoms with van der Waals surface area (Å²) in [6.07, 6.45) is 1.46. The quantitative estimate of drug-likeness (QED) is 0.888. The zero-order chi connectivity index (χ0) is 13.3. The van der Waals surface area contributed by atoms with Crippen molar-refractivity contribution in [2.75, 3.05) is 5.32 Å². The summed E-state index contributed by atoms with van der Waals surface area (Å²) >= 11 is 1.53. The number of nitrogens with one attached hydrogen (secondary N) is 1. The van der Waals surface area contributed by atoms with Crippen LogP contribution in [-0.2, 0) is 4.79 Å². The molecule has 2 rings (SSSR count). The molecule has 0 aliphatic carbocycles. The molecule has 0 aliphatic heterocycles. The molecule has 0 bridgehead atoms. The molecule has 18 heavy (non-hydrogen) atoms. The van der Waals surface area contributed by atoms with Crippen molar-refractivity contribution in [3.05, 3.63) is 17.3 Å². The fraction of sp³-hybridized carbons (Fsp3) is 0.417. The standard InChI is InChI=1S/C12H15N3O2S/c1-6(2)9(12(16)17)15-10-8-7(3)4-18-11(8)14-5-13-10/h4-6,9H,1-3H3,(H,16,17)(H,13,14,15)/t9-/m1/s1. The van der Waals surface area contributed by atoms with Gasteiger partial charge in [0.25, 0.3) is 0 Å². The maximum Gasteiger partial charge on any atom is 0.326 e. The van der Waals surface area contributed by atoms with Crippen LogP contribution in [0.2, 0.25) is 0 Å². The van der Waals surface area contributed by atoms with Crippen LogP contribution in [0.1, 0.15) is 19.4 Å². The first-order valence-electron chi connectivity index (χ1n) is 5.69. The summed E-state index contributed by atoms with van der Waals surface area (Å²) < 4.78 is 0. The van der Waals surface area contributed by atoms with Gasteiger partial charge in [-0.3, -0.25) is 0 Å². The van der Waals surface area contributed by atoms with E-state index in [1.165, 1.54) is 17.7 Å². The summed E-state index contributed by atoms with van der Waals surface area (Å²) in [5.41, 5.74) is 1.06. The monoisotopic (exact) mass is 265 g/mol. The molecule has 0 aliphatic rings. The molecule has 6 heteroatoms. The number of rotatable bonds is 4. The number of hydrogen-bond donors (Lipinski definition) is 2. The third-order valence-corrected chi connectivity index (χ3v) is 3.78. The Labute approximate surface area is 109 Å². The van der Waals surface area contributed by atoms with Crippen LogP contribution in [-0.4, -0.2) is 27.1 Å². The first-order valence-corrected chi connectivity index (χ1v) is 6.56. The number of fused-ring (bicyclic) bond motifs is 1. The number of nitrogens with zero attached hydrogens (tertiary/aromatic N) is 2. The summed E-state index contributed by atoms with van der Waals surface area (Å²) in [5, 5.41) is 15.1. The van der Waals surface area contributed by atoms with Crippen LogP contribution in [0.3, 0.4) is 0 Å². The van der Waals surface area contributed by atoms with Crippen LogP contribution in [0.5, 0.6) is 0 Å². The van der Waals surface area contributed by atoms with E-state index in [4.69, 9.17) is 0 Å². The van der Waals surface area contributed by atoms with Gasteiger partial charge in [0, 0.05) is 0 Å². The molecule has 0 fully saturated rings. The number of carbonyl (C=O) groups is 1. The molecule has 0 unspecified atom stereocenters. The third kappa shape index (κ3) is 2.28. The second-order valence-corrected chi connectivity index (χ2v) is 5.38. The summed E-state index contributed by atoms with van der Waals surface area (Å²) in [5.74, 6) is -0.295. The highest BCUT2D eigenvalue weighted by Gasteiger charge is 2.23. The number of carboxylic acids is 1. The number of thiophene rings is 1. The maximum absolute atomic E-state index is 11.2. The first-order chi connectivity index (χ1) is 8.50. The zero-order valence-electron chi connectivity index (χ0n) is 10.5. The van der Waals surface area contributed by atoms with Crippen molar-refractivity contribution in [3.63, 3.8) is 0 Å². The topological polar surface area (TPSA) is 75.1 Å². The van der Waals surface area contributed by atoms with Crippen molar-refractivity contribution in [3.8, 4) is 0 Å². The number of aromatic nitrogens is 2. The second kappa shape index (κ2) is 4.89. The third-order valence-electron chi connectivity index (χ3n) is 2.78. The smallest absolute Gasteiger partial charge is 0.326 e. The van der Waals surface area contributed by atoms with E-state index in [9.17, 15) is 9.90 Å². The van der Waals surface area contributed by atoms with E-state index in [2.05, 4.69) is 15.3 Å². The fourth-order valence-corrected chi connectivity index (χ4v) is 2.68. The van der Waals surface area contributed by atoms with E-state index in [0.717, 1.165) is 15.8 Å². The minimum absolute atomic E-state index is 0.0218. The van der Waals surface area contributed by atoms with Gasteiger partial charge in [-0.15, -0.1) is 11.3 Å². The Hall–Kier alpha value is -1.69. The molecule has 2 heterocycles. The van der Waals surface area contributed by atoms with Gasteiger partial charge < -0.3 is 10.4 Å².